The molecule has 4 nitrogen and oxygen atoms in total. The maximum absolute atomic E-state index is 13.1. The summed E-state index contributed by atoms with van der Waals surface area (Å²) in [6.07, 6.45) is 1.50. The van der Waals surface area contributed by atoms with Gasteiger partial charge in [0.25, 0.3) is 0 Å². The summed E-state index contributed by atoms with van der Waals surface area (Å²) in [5.74, 6) is -0.250. The van der Waals surface area contributed by atoms with Crippen molar-refractivity contribution in [3.63, 3.8) is 0 Å². The van der Waals surface area contributed by atoms with Crippen molar-refractivity contribution >= 4 is 27.5 Å². The Balaban J connectivity index is 2.27. The lowest BCUT2D eigenvalue weighted by Crippen LogP contribution is -2.08. The van der Waals surface area contributed by atoms with Gasteiger partial charge < -0.3 is 5.73 Å². The highest BCUT2D eigenvalue weighted by Gasteiger charge is 2.15. The molecule has 2 N–H and O–H groups in total. The summed E-state index contributed by atoms with van der Waals surface area (Å²) in [7, 11) is 1.66. The van der Waals surface area contributed by atoms with E-state index in [2.05, 4.69) is 21.0 Å². The van der Waals surface area contributed by atoms with E-state index in [9.17, 15) is 9.18 Å². The van der Waals surface area contributed by atoms with Gasteiger partial charge in [0.15, 0.2) is 5.78 Å². The normalized spacial score (nSPS) is 10.6. The Morgan fingerprint density at radius 1 is 1.56 bits per heavy atom. The second-order valence-electron chi connectivity index (χ2n) is 3.90. The summed E-state index contributed by atoms with van der Waals surface area (Å²) in [6.45, 7) is 0. The fourth-order valence-corrected chi connectivity index (χ4v) is 2.00. The molecule has 6 heteroatoms. The lowest BCUT2D eigenvalue weighted by molar-refractivity contribution is 0.0993. The number of halogens is 2. The van der Waals surface area contributed by atoms with E-state index in [1.807, 2.05) is 0 Å². The quantitative estimate of drug-likeness (QED) is 0.885. The van der Waals surface area contributed by atoms with E-state index in [1.54, 1.807) is 13.1 Å². The van der Waals surface area contributed by atoms with Gasteiger partial charge in [-0.1, -0.05) is 15.9 Å². The minimum atomic E-state index is -0.375. The predicted molar refractivity (Wildman–Crippen MR) is 69.8 cm³/mol. The second kappa shape index (κ2) is 4.89. The van der Waals surface area contributed by atoms with Gasteiger partial charge in [-0.3, -0.25) is 9.48 Å². The number of hydrogen-bond donors (Lipinski definition) is 1. The maximum atomic E-state index is 13.1. The van der Waals surface area contributed by atoms with E-state index in [1.165, 1.54) is 23.0 Å². The highest BCUT2D eigenvalue weighted by molar-refractivity contribution is 9.10. The summed E-state index contributed by atoms with van der Waals surface area (Å²) in [4.78, 5) is 12.0. The summed E-state index contributed by atoms with van der Waals surface area (Å²) in [6, 6.07) is 4.23. The molecule has 2 rings (SSSR count). The van der Waals surface area contributed by atoms with Gasteiger partial charge in [-0.05, 0) is 23.8 Å². The van der Waals surface area contributed by atoms with Crippen molar-refractivity contribution in [1.29, 1.82) is 0 Å². The lowest BCUT2D eigenvalue weighted by Gasteiger charge is -2.04. The Bertz CT molecular complexity index is 609. The van der Waals surface area contributed by atoms with Gasteiger partial charge in [-0.15, -0.1) is 0 Å². The Morgan fingerprint density at radius 2 is 2.28 bits per heavy atom. The predicted octanol–water partition coefficient (Wildman–Crippen LogP) is 2.33. The molecule has 0 fully saturated rings. The van der Waals surface area contributed by atoms with Crippen molar-refractivity contribution in [3.05, 3.63) is 45.8 Å². The fraction of sp³-hybridized carbons (Fsp3) is 0.167. The average molecular weight is 312 g/mol. The van der Waals surface area contributed by atoms with Crippen LogP contribution in [0.3, 0.4) is 0 Å². The molecular weight excluding hydrogens is 301 g/mol. The number of hydrogen-bond acceptors (Lipinski definition) is 3. The third kappa shape index (κ3) is 2.43. The first-order chi connectivity index (χ1) is 8.49. The van der Waals surface area contributed by atoms with Crippen molar-refractivity contribution in [2.24, 2.45) is 7.05 Å². The minimum absolute atomic E-state index is 0.0776. The fourth-order valence-electron chi connectivity index (χ4n) is 1.61. The van der Waals surface area contributed by atoms with Crippen molar-refractivity contribution in [2.75, 3.05) is 5.73 Å². The molecule has 94 valence electrons. The molecule has 18 heavy (non-hydrogen) atoms. The largest absolute Gasteiger partial charge is 0.383 e. The molecular formula is C12H11BrFN3O. The van der Waals surface area contributed by atoms with Gasteiger partial charge in [0.1, 0.15) is 11.6 Å². The molecule has 1 heterocycles. The zero-order valence-corrected chi connectivity index (χ0v) is 11.2. The molecule has 1 aromatic heterocycles. The van der Waals surface area contributed by atoms with Gasteiger partial charge in [0.05, 0.1) is 11.8 Å². The topological polar surface area (TPSA) is 60.9 Å². The van der Waals surface area contributed by atoms with Crippen molar-refractivity contribution in [1.82, 2.24) is 9.78 Å². The number of rotatable bonds is 3. The summed E-state index contributed by atoms with van der Waals surface area (Å²) in [5.41, 5.74) is 6.66. The van der Waals surface area contributed by atoms with Crippen LogP contribution in [0, 0.1) is 5.82 Å². The summed E-state index contributed by atoms with van der Waals surface area (Å²) < 4.78 is 15.2. The average Bonchev–Trinajstić information content (AvgIpc) is 2.65. The number of ketones is 1. The number of nitrogen functional groups attached to an aromatic ring is 1. The van der Waals surface area contributed by atoms with Crippen LogP contribution >= 0.6 is 15.9 Å². The molecule has 0 aliphatic rings. The van der Waals surface area contributed by atoms with Crippen molar-refractivity contribution in [2.45, 2.75) is 6.42 Å². The Hall–Kier alpha value is -1.69. The molecule has 0 saturated carbocycles. The van der Waals surface area contributed by atoms with Crippen LogP contribution < -0.4 is 5.73 Å². The van der Waals surface area contributed by atoms with E-state index in [4.69, 9.17) is 5.73 Å². The number of carbonyl (C=O) groups is 1. The van der Waals surface area contributed by atoms with Crippen molar-refractivity contribution in [3.8, 4) is 0 Å². The van der Waals surface area contributed by atoms with Crippen LogP contribution in [-0.2, 0) is 13.5 Å². The molecule has 0 bridgehead atoms. The summed E-state index contributed by atoms with van der Waals surface area (Å²) >= 11 is 3.28. The monoisotopic (exact) mass is 311 g/mol. The Labute approximate surface area is 112 Å². The Morgan fingerprint density at radius 3 is 2.89 bits per heavy atom. The van der Waals surface area contributed by atoms with Gasteiger partial charge >= 0.3 is 0 Å². The number of aryl methyl sites for hydroxylation is 1. The number of anilines is 1. The Kier molecular flexibility index (Phi) is 3.47. The van der Waals surface area contributed by atoms with E-state index < -0.39 is 0 Å². The van der Waals surface area contributed by atoms with E-state index in [0.29, 0.717) is 21.4 Å². The van der Waals surface area contributed by atoms with Crippen LogP contribution in [0.1, 0.15) is 15.9 Å². The van der Waals surface area contributed by atoms with E-state index in [-0.39, 0.29) is 18.0 Å². The first-order valence-corrected chi connectivity index (χ1v) is 6.03. The first-order valence-electron chi connectivity index (χ1n) is 5.23. The zero-order chi connectivity index (χ0) is 13.3. The standard InChI is InChI=1S/C12H11BrFN3O/c1-17-12(15)9(6-16-17)11(18)5-7-4-8(14)2-3-10(7)13/h2-4,6H,5,15H2,1H3. The molecule has 0 radical (unpaired) electrons. The van der Waals surface area contributed by atoms with Gasteiger partial charge in [0.2, 0.25) is 0 Å². The number of carbonyl (C=O) groups excluding carboxylic acids is 1. The van der Waals surface area contributed by atoms with E-state index in [0.717, 1.165) is 0 Å². The number of aromatic nitrogens is 2. The third-order valence-corrected chi connectivity index (χ3v) is 3.42. The molecule has 1 aromatic carbocycles. The highest BCUT2D eigenvalue weighted by Crippen LogP contribution is 2.21. The number of nitrogens with two attached hydrogens (primary N) is 1. The smallest absolute Gasteiger partial charge is 0.172 e. The van der Waals surface area contributed by atoms with Crippen molar-refractivity contribution < 1.29 is 9.18 Å². The minimum Gasteiger partial charge on any atom is -0.383 e. The van der Waals surface area contributed by atoms with Gasteiger partial charge in [-0.25, -0.2) is 4.39 Å². The second-order valence-corrected chi connectivity index (χ2v) is 4.76. The van der Waals surface area contributed by atoms with Crippen LogP contribution in [-0.4, -0.2) is 15.6 Å². The third-order valence-electron chi connectivity index (χ3n) is 2.64. The molecule has 2 aromatic rings. The molecule has 0 aliphatic carbocycles. The zero-order valence-electron chi connectivity index (χ0n) is 9.65. The van der Waals surface area contributed by atoms with Crippen LogP contribution in [0.2, 0.25) is 0 Å². The van der Waals surface area contributed by atoms with Crippen LogP contribution in [0.4, 0.5) is 10.2 Å². The number of benzene rings is 1. The van der Waals surface area contributed by atoms with Gasteiger partial charge in [-0.2, -0.15) is 5.10 Å². The lowest BCUT2D eigenvalue weighted by atomic mass is 10.0. The molecule has 0 unspecified atom stereocenters. The SMILES string of the molecule is Cn1ncc(C(=O)Cc2cc(F)ccc2Br)c1N. The first kappa shape index (κ1) is 12.8. The molecule has 0 aliphatic heterocycles. The molecule has 0 spiro atoms. The van der Waals surface area contributed by atoms with Crippen LogP contribution in [0.15, 0.2) is 28.9 Å². The van der Waals surface area contributed by atoms with Gasteiger partial charge in [0, 0.05) is 17.9 Å². The maximum Gasteiger partial charge on any atom is 0.172 e. The van der Waals surface area contributed by atoms with Crippen LogP contribution in [0.25, 0.3) is 0 Å². The molecule has 0 atom stereocenters. The summed E-state index contributed by atoms with van der Waals surface area (Å²) in [5, 5.41) is 3.90. The van der Waals surface area contributed by atoms with Crippen LogP contribution in [0.5, 0.6) is 0 Å². The molecule has 0 amide bonds. The molecule has 0 saturated heterocycles. The highest BCUT2D eigenvalue weighted by atomic mass is 79.9. The number of nitrogens with zero attached hydrogens (tertiary/aromatic N) is 2. The van der Waals surface area contributed by atoms with E-state index >= 15 is 0 Å². The number of Topliss-reactive ketones (excluding diaryl/α,β-unsaturated/α-hetero) is 1.